The molecule has 2 heterocycles. The van der Waals surface area contributed by atoms with Gasteiger partial charge in [-0.2, -0.15) is 4.37 Å². The van der Waals surface area contributed by atoms with Gasteiger partial charge >= 0.3 is 0 Å². The maximum absolute atomic E-state index is 12.3. The van der Waals surface area contributed by atoms with Crippen LogP contribution in [-0.2, 0) is 22.7 Å². The second-order valence-electron chi connectivity index (χ2n) is 6.28. The summed E-state index contributed by atoms with van der Waals surface area (Å²) >= 11 is 13.0. The number of benzene rings is 1. The van der Waals surface area contributed by atoms with Crippen molar-refractivity contribution in [3.05, 3.63) is 75.2 Å². The van der Waals surface area contributed by atoms with Crippen molar-refractivity contribution < 1.29 is 9.63 Å². The van der Waals surface area contributed by atoms with Crippen LogP contribution in [0.4, 0.5) is 5.00 Å². The summed E-state index contributed by atoms with van der Waals surface area (Å²) < 4.78 is 4.12. The van der Waals surface area contributed by atoms with E-state index in [9.17, 15) is 4.79 Å². The Morgan fingerprint density at radius 3 is 2.76 bits per heavy atom. The average Bonchev–Trinajstić information content (AvgIpc) is 3.01. The third-order valence-corrected chi connectivity index (χ3v) is 5.63. The number of aryl methyl sites for hydroxylation is 1. The number of anilines is 1. The van der Waals surface area contributed by atoms with E-state index in [2.05, 4.69) is 19.8 Å². The van der Waals surface area contributed by atoms with Crippen molar-refractivity contribution in [3.8, 4) is 0 Å². The number of halogens is 2. The van der Waals surface area contributed by atoms with E-state index in [1.165, 1.54) is 11.5 Å². The van der Waals surface area contributed by atoms with Gasteiger partial charge in [0.25, 0.3) is 0 Å². The highest BCUT2D eigenvalue weighted by Gasteiger charge is 2.12. The van der Waals surface area contributed by atoms with E-state index in [1.807, 2.05) is 37.3 Å². The Kier molecular flexibility index (Phi) is 7.19. The third-order valence-electron chi connectivity index (χ3n) is 3.97. The molecule has 29 heavy (non-hydrogen) atoms. The molecule has 3 aromatic rings. The van der Waals surface area contributed by atoms with Gasteiger partial charge in [-0.3, -0.25) is 4.79 Å². The fourth-order valence-electron chi connectivity index (χ4n) is 2.45. The Morgan fingerprint density at radius 1 is 1.24 bits per heavy atom. The van der Waals surface area contributed by atoms with Gasteiger partial charge in [0.2, 0.25) is 5.91 Å². The topological polar surface area (TPSA) is 76.5 Å². The van der Waals surface area contributed by atoms with Crippen molar-refractivity contribution in [1.82, 2.24) is 9.36 Å². The van der Waals surface area contributed by atoms with Gasteiger partial charge in [-0.1, -0.05) is 52.6 Å². The number of rotatable bonds is 7. The molecule has 0 fully saturated rings. The molecule has 0 aliphatic carbocycles. The smallest absolute Gasteiger partial charge is 0.229 e. The minimum absolute atomic E-state index is 0.159. The van der Waals surface area contributed by atoms with E-state index < -0.39 is 0 Å². The van der Waals surface area contributed by atoms with Crippen molar-refractivity contribution in [1.29, 1.82) is 0 Å². The lowest BCUT2D eigenvalue weighted by molar-refractivity contribution is -0.115. The van der Waals surface area contributed by atoms with E-state index in [0.717, 1.165) is 16.7 Å². The second-order valence-corrected chi connectivity index (χ2v) is 7.81. The Bertz CT molecular complexity index is 1040. The zero-order chi connectivity index (χ0) is 20.8. The first-order valence-electron chi connectivity index (χ1n) is 8.70. The Hall–Kier alpha value is -2.48. The van der Waals surface area contributed by atoms with Gasteiger partial charge in [0.1, 0.15) is 16.8 Å². The molecule has 0 aliphatic heterocycles. The molecule has 2 aromatic heterocycles. The Labute approximate surface area is 182 Å². The minimum atomic E-state index is -0.159. The van der Waals surface area contributed by atoms with Crippen molar-refractivity contribution in [2.24, 2.45) is 5.16 Å². The number of nitrogens with one attached hydrogen (secondary N) is 1. The number of aromatic nitrogens is 2. The van der Waals surface area contributed by atoms with Crippen LogP contribution in [0.25, 0.3) is 0 Å². The summed E-state index contributed by atoms with van der Waals surface area (Å²) in [5, 5.41) is 8.42. The molecule has 9 heteroatoms. The van der Waals surface area contributed by atoms with E-state index >= 15 is 0 Å². The fourth-order valence-corrected chi connectivity index (χ4v) is 3.51. The summed E-state index contributed by atoms with van der Waals surface area (Å²) in [6.07, 6.45) is 1.86. The van der Waals surface area contributed by atoms with Gasteiger partial charge in [-0.05, 0) is 48.6 Å². The predicted molar refractivity (Wildman–Crippen MR) is 117 cm³/mol. The van der Waals surface area contributed by atoms with Crippen molar-refractivity contribution in [2.75, 3.05) is 5.32 Å². The fraction of sp³-hybridized carbons (Fsp3) is 0.200. The zero-order valence-corrected chi connectivity index (χ0v) is 18.1. The zero-order valence-electron chi connectivity index (χ0n) is 15.8. The van der Waals surface area contributed by atoms with Crippen LogP contribution in [0.5, 0.6) is 0 Å². The molecule has 1 amide bonds. The van der Waals surface area contributed by atoms with Crippen molar-refractivity contribution in [2.45, 2.75) is 26.9 Å². The van der Waals surface area contributed by atoms with Crippen LogP contribution in [-0.4, -0.2) is 21.0 Å². The molecule has 0 spiro atoms. The minimum Gasteiger partial charge on any atom is -0.391 e. The first kappa shape index (κ1) is 21.2. The first-order chi connectivity index (χ1) is 13.9. The Morgan fingerprint density at radius 2 is 2.07 bits per heavy atom. The van der Waals surface area contributed by atoms with Gasteiger partial charge in [0.15, 0.2) is 0 Å². The molecule has 0 saturated carbocycles. The number of nitrogens with zero attached hydrogens (tertiary/aromatic N) is 3. The van der Waals surface area contributed by atoms with E-state index in [-0.39, 0.29) is 12.3 Å². The molecule has 1 N–H and O–H groups in total. The molecule has 150 valence electrons. The molecule has 0 unspecified atom stereocenters. The van der Waals surface area contributed by atoms with Gasteiger partial charge in [0, 0.05) is 11.8 Å². The van der Waals surface area contributed by atoms with Crippen LogP contribution in [0.15, 0.2) is 47.8 Å². The lowest BCUT2D eigenvalue weighted by Crippen LogP contribution is -2.14. The van der Waals surface area contributed by atoms with Crippen LogP contribution in [0.2, 0.25) is 10.2 Å². The third kappa shape index (κ3) is 6.00. The number of hydrogen-bond donors (Lipinski definition) is 1. The van der Waals surface area contributed by atoms with Gasteiger partial charge < -0.3 is 10.2 Å². The van der Waals surface area contributed by atoms with Crippen LogP contribution in [0.3, 0.4) is 0 Å². The van der Waals surface area contributed by atoms with Crippen molar-refractivity contribution >= 4 is 51.4 Å². The molecule has 3 rings (SSSR count). The van der Waals surface area contributed by atoms with Crippen molar-refractivity contribution in [3.63, 3.8) is 0 Å². The highest BCUT2D eigenvalue weighted by atomic mass is 35.5. The number of pyridine rings is 1. The number of carbonyl (C=O) groups is 1. The standard InChI is InChI=1S/C20H18Cl2N4O2S/c1-12(25-28-11-15-6-7-17(21)23-10-15)16-5-3-4-14(8-16)9-18(27)24-20-19(22)13(2)26-29-20/h3-8,10H,9,11H2,1-2H3,(H,24,27)/b25-12+. The van der Waals surface area contributed by atoms with Crippen LogP contribution in [0, 0.1) is 6.92 Å². The molecule has 0 bridgehead atoms. The lowest BCUT2D eigenvalue weighted by atomic mass is 10.1. The summed E-state index contributed by atoms with van der Waals surface area (Å²) in [6.45, 7) is 3.93. The summed E-state index contributed by atoms with van der Waals surface area (Å²) in [4.78, 5) is 21.7. The first-order valence-corrected chi connectivity index (χ1v) is 10.2. The molecule has 6 nitrogen and oxygen atoms in total. The molecular formula is C20H18Cl2N4O2S. The quantitative estimate of drug-likeness (QED) is 0.303. The maximum Gasteiger partial charge on any atom is 0.229 e. The molecule has 0 atom stereocenters. The summed E-state index contributed by atoms with van der Waals surface area (Å²) in [6, 6.07) is 11.1. The van der Waals surface area contributed by atoms with Crippen LogP contribution >= 0.6 is 34.7 Å². The van der Waals surface area contributed by atoms with E-state index in [1.54, 1.807) is 19.2 Å². The van der Waals surface area contributed by atoms with Gasteiger partial charge in [-0.25, -0.2) is 4.98 Å². The Balaban J connectivity index is 1.59. The monoisotopic (exact) mass is 448 g/mol. The van der Waals surface area contributed by atoms with E-state index in [0.29, 0.717) is 33.2 Å². The largest absolute Gasteiger partial charge is 0.391 e. The van der Waals surface area contributed by atoms with E-state index in [4.69, 9.17) is 28.0 Å². The second kappa shape index (κ2) is 9.82. The molecule has 0 saturated heterocycles. The predicted octanol–water partition coefficient (Wildman–Crippen LogP) is 5.28. The summed E-state index contributed by atoms with van der Waals surface area (Å²) in [5.41, 5.74) is 4.00. The van der Waals surface area contributed by atoms with Gasteiger partial charge in [0.05, 0.1) is 22.8 Å². The normalized spacial score (nSPS) is 11.4. The summed E-state index contributed by atoms with van der Waals surface area (Å²) in [5.74, 6) is -0.159. The molecular weight excluding hydrogens is 431 g/mol. The van der Waals surface area contributed by atoms with Crippen LogP contribution in [0.1, 0.15) is 29.3 Å². The van der Waals surface area contributed by atoms with Crippen LogP contribution < -0.4 is 5.32 Å². The average molecular weight is 449 g/mol. The molecule has 0 radical (unpaired) electrons. The number of carbonyl (C=O) groups excluding carboxylic acids is 1. The number of hydrogen-bond acceptors (Lipinski definition) is 6. The molecule has 0 aliphatic rings. The maximum atomic E-state index is 12.3. The molecule has 1 aromatic carbocycles. The SMILES string of the molecule is C/C(=N\OCc1ccc(Cl)nc1)c1cccc(CC(=O)Nc2snc(C)c2Cl)c1. The highest BCUT2D eigenvalue weighted by Crippen LogP contribution is 2.29. The summed E-state index contributed by atoms with van der Waals surface area (Å²) in [7, 11) is 0. The van der Waals surface area contributed by atoms with Gasteiger partial charge in [-0.15, -0.1) is 0 Å². The number of oxime groups is 1. The highest BCUT2D eigenvalue weighted by molar-refractivity contribution is 7.11. The lowest BCUT2D eigenvalue weighted by Gasteiger charge is -2.06. The number of amides is 1.